The van der Waals surface area contributed by atoms with Crippen LogP contribution in [0.3, 0.4) is 0 Å². The van der Waals surface area contributed by atoms with E-state index in [1.165, 1.54) is 63.2 Å². The minimum absolute atomic E-state index is 0.0114. The van der Waals surface area contributed by atoms with E-state index in [4.69, 9.17) is 0 Å². The summed E-state index contributed by atoms with van der Waals surface area (Å²) < 4.78 is 55.7. The number of para-hydroxylation sites is 1. The van der Waals surface area contributed by atoms with Crippen LogP contribution in [0.1, 0.15) is 22.7 Å². The maximum Gasteiger partial charge on any atom is 0.416 e. The van der Waals surface area contributed by atoms with E-state index < -0.39 is 35.5 Å². The van der Waals surface area contributed by atoms with Crippen molar-refractivity contribution in [1.29, 1.82) is 0 Å². The average molecular weight is 588 g/mol. The van der Waals surface area contributed by atoms with Crippen molar-refractivity contribution in [3.63, 3.8) is 0 Å². The van der Waals surface area contributed by atoms with E-state index in [-0.39, 0.29) is 25.2 Å². The molecule has 4 aromatic rings. The van der Waals surface area contributed by atoms with Crippen LogP contribution in [-0.4, -0.2) is 41.9 Å². The van der Waals surface area contributed by atoms with Crippen molar-refractivity contribution in [3.05, 3.63) is 138 Å². The molecule has 1 atom stereocenters. The highest BCUT2D eigenvalue weighted by Crippen LogP contribution is 2.38. The van der Waals surface area contributed by atoms with Crippen molar-refractivity contribution in [2.75, 3.05) is 25.0 Å². The van der Waals surface area contributed by atoms with Crippen molar-refractivity contribution < 1.29 is 27.2 Å². The minimum Gasteiger partial charge on any atom is -0.326 e. The molecule has 0 saturated carbocycles. The second kappa shape index (κ2) is 12.5. The molecular formula is C34H29F4N3O2. The third-order valence-corrected chi connectivity index (χ3v) is 7.39. The Labute approximate surface area is 247 Å². The highest BCUT2D eigenvalue weighted by Gasteiger charge is 2.38. The number of rotatable bonds is 5. The first-order chi connectivity index (χ1) is 20.6. The summed E-state index contributed by atoms with van der Waals surface area (Å²) in [6.07, 6.45) is -1.52. The zero-order chi connectivity index (χ0) is 30.6. The van der Waals surface area contributed by atoms with Gasteiger partial charge in [0.25, 0.3) is 0 Å². The summed E-state index contributed by atoms with van der Waals surface area (Å²) in [7, 11) is 1.62. The molecule has 1 aliphatic heterocycles. The van der Waals surface area contributed by atoms with Gasteiger partial charge in [-0.15, -0.1) is 0 Å². The van der Waals surface area contributed by atoms with Gasteiger partial charge in [-0.05, 0) is 41.0 Å². The van der Waals surface area contributed by atoms with Gasteiger partial charge in [0.1, 0.15) is 12.4 Å². The van der Waals surface area contributed by atoms with E-state index in [2.05, 4.69) is 0 Å². The quantitative estimate of drug-likeness (QED) is 0.177. The third kappa shape index (κ3) is 6.61. The molecule has 43 heavy (non-hydrogen) atoms. The van der Waals surface area contributed by atoms with Gasteiger partial charge >= 0.3 is 12.2 Å². The largest absolute Gasteiger partial charge is 0.416 e. The summed E-state index contributed by atoms with van der Waals surface area (Å²) in [5, 5.41) is 0. The van der Waals surface area contributed by atoms with E-state index in [0.717, 1.165) is 17.2 Å². The Morgan fingerprint density at radius 1 is 0.884 bits per heavy atom. The molecule has 1 unspecified atom stereocenters. The summed E-state index contributed by atoms with van der Waals surface area (Å²) in [4.78, 5) is 31.8. The fourth-order valence-electron chi connectivity index (χ4n) is 5.24. The maximum absolute atomic E-state index is 14.0. The summed E-state index contributed by atoms with van der Waals surface area (Å²) in [5.41, 5.74) is 1.97. The minimum atomic E-state index is -4.64. The standard InChI is InChI=1S/C34H29F4N3O2/c1-39(30-15-8-6-12-27(30)25-10-3-2-4-11-25)33(43)40-21-9-16-31(28-13-5-7-14-29(28)34(36,37)38)41(32(42)23-40)22-24-17-19-26(35)20-18-24/h2-20,31H,21-23H2,1H3/b16-9-. The van der Waals surface area contributed by atoms with E-state index in [1.807, 2.05) is 54.6 Å². The lowest BCUT2D eigenvalue weighted by Crippen LogP contribution is -2.49. The second-order valence-corrected chi connectivity index (χ2v) is 10.2. The van der Waals surface area contributed by atoms with Crippen LogP contribution in [0.25, 0.3) is 11.1 Å². The Hall–Kier alpha value is -4.92. The molecule has 5 nitrogen and oxygen atoms in total. The molecule has 0 bridgehead atoms. The number of benzene rings is 4. The van der Waals surface area contributed by atoms with Crippen LogP contribution in [0.4, 0.5) is 28.0 Å². The van der Waals surface area contributed by atoms with Crippen molar-refractivity contribution in [1.82, 2.24) is 9.80 Å². The molecular weight excluding hydrogens is 558 g/mol. The molecule has 9 heteroatoms. The lowest BCUT2D eigenvalue weighted by Gasteiger charge is -2.36. The number of halogens is 4. The van der Waals surface area contributed by atoms with Gasteiger partial charge in [0, 0.05) is 25.7 Å². The molecule has 220 valence electrons. The molecule has 0 aromatic heterocycles. The lowest BCUT2D eigenvalue weighted by atomic mass is 9.96. The highest BCUT2D eigenvalue weighted by atomic mass is 19.4. The summed E-state index contributed by atoms with van der Waals surface area (Å²) >= 11 is 0. The predicted molar refractivity (Wildman–Crippen MR) is 158 cm³/mol. The van der Waals surface area contributed by atoms with E-state index in [9.17, 15) is 27.2 Å². The molecule has 1 aliphatic rings. The molecule has 3 amide bonds. The smallest absolute Gasteiger partial charge is 0.326 e. The van der Waals surface area contributed by atoms with Crippen LogP contribution < -0.4 is 4.90 Å². The van der Waals surface area contributed by atoms with E-state index >= 15 is 0 Å². The predicted octanol–water partition coefficient (Wildman–Crippen LogP) is 7.71. The highest BCUT2D eigenvalue weighted by molar-refractivity contribution is 5.98. The SMILES string of the molecule is CN(C(=O)N1C/C=C\C(c2ccccc2C(F)(F)F)N(Cc2ccc(F)cc2)C(=O)C1)c1ccccc1-c1ccccc1. The van der Waals surface area contributed by atoms with Crippen LogP contribution in [0.15, 0.2) is 115 Å². The zero-order valence-corrected chi connectivity index (χ0v) is 23.3. The van der Waals surface area contributed by atoms with Gasteiger partial charge < -0.3 is 9.80 Å². The Balaban J connectivity index is 1.49. The fourth-order valence-corrected chi connectivity index (χ4v) is 5.24. The third-order valence-electron chi connectivity index (χ3n) is 7.39. The zero-order valence-electron chi connectivity index (χ0n) is 23.3. The molecule has 0 aliphatic carbocycles. The van der Waals surface area contributed by atoms with Gasteiger partial charge in [0.05, 0.1) is 17.3 Å². The van der Waals surface area contributed by atoms with Crippen molar-refractivity contribution in [2.45, 2.75) is 18.8 Å². The number of hydrogen-bond donors (Lipinski definition) is 0. The molecule has 0 N–H and O–H groups in total. The molecule has 4 aromatic carbocycles. The number of alkyl halides is 3. The number of anilines is 1. The Bertz CT molecular complexity index is 1620. The number of urea groups is 1. The van der Waals surface area contributed by atoms with Gasteiger partial charge in [-0.2, -0.15) is 13.2 Å². The Morgan fingerprint density at radius 3 is 2.26 bits per heavy atom. The normalized spacial score (nSPS) is 16.4. The van der Waals surface area contributed by atoms with Crippen LogP contribution in [0, 0.1) is 5.82 Å². The van der Waals surface area contributed by atoms with E-state index in [0.29, 0.717) is 11.3 Å². The van der Waals surface area contributed by atoms with Crippen molar-refractivity contribution in [3.8, 4) is 11.1 Å². The van der Waals surface area contributed by atoms with Crippen LogP contribution in [-0.2, 0) is 17.5 Å². The number of hydrogen-bond acceptors (Lipinski definition) is 2. The van der Waals surface area contributed by atoms with Crippen LogP contribution >= 0.6 is 0 Å². The first-order valence-electron chi connectivity index (χ1n) is 13.7. The molecule has 0 saturated heterocycles. The number of carbonyl (C=O) groups excluding carboxylic acids is 2. The van der Waals surface area contributed by atoms with Crippen molar-refractivity contribution in [2.24, 2.45) is 0 Å². The summed E-state index contributed by atoms with van der Waals surface area (Å²) in [5.74, 6) is -1.02. The first kappa shape index (κ1) is 29.6. The fraction of sp³-hybridized carbons (Fsp3) is 0.176. The van der Waals surface area contributed by atoms with E-state index in [1.54, 1.807) is 13.1 Å². The van der Waals surface area contributed by atoms with Gasteiger partial charge in [0.15, 0.2) is 0 Å². The van der Waals surface area contributed by atoms with Crippen molar-refractivity contribution >= 4 is 17.6 Å². The molecule has 1 heterocycles. The molecule has 0 spiro atoms. The first-order valence-corrected chi connectivity index (χ1v) is 13.7. The Morgan fingerprint density at radius 2 is 1.53 bits per heavy atom. The van der Waals surface area contributed by atoms with Gasteiger partial charge in [0.2, 0.25) is 5.91 Å². The number of carbonyl (C=O) groups is 2. The monoisotopic (exact) mass is 587 g/mol. The summed E-state index contributed by atoms with van der Waals surface area (Å²) in [6, 6.07) is 26.0. The Kier molecular flexibility index (Phi) is 8.61. The van der Waals surface area contributed by atoms with Gasteiger partial charge in [-0.1, -0.05) is 91.0 Å². The molecule has 0 radical (unpaired) electrons. The molecule has 0 fully saturated rings. The second-order valence-electron chi connectivity index (χ2n) is 10.2. The summed E-state index contributed by atoms with van der Waals surface area (Å²) in [6.45, 7) is -0.445. The number of nitrogens with zero attached hydrogens (tertiary/aromatic N) is 3. The number of amides is 3. The van der Waals surface area contributed by atoms with Gasteiger partial charge in [-0.3, -0.25) is 9.69 Å². The van der Waals surface area contributed by atoms with Crippen LogP contribution in [0.5, 0.6) is 0 Å². The molecule has 5 rings (SSSR count). The van der Waals surface area contributed by atoms with Crippen LogP contribution in [0.2, 0.25) is 0 Å². The van der Waals surface area contributed by atoms with Gasteiger partial charge in [-0.25, -0.2) is 9.18 Å². The maximum atomic E-state index is 14.0. The topological polar surface area (TPSA) is 43.9 Å². The average Bonchev–Trinajstić information content (AvgIpc) is 3.01. The lowest BCUT2D eigenvalue weighted by molar-refractivity contribution is -0.141.